The summed E-state index contributed by atoms with van der Waals surface area (Å²) < 4.78 is 6.07. The monoisotopic (exact) mass is 284 g/mol. The Hall–Kier alpha value is -1.34. The number of benzene rings is 1. The Bertz CT molecular complexity index is 439. The van der Waals surface area contributed by atoms with Crippen molar-refractivity contribution in [3.05, 3.63) is 73.0 Å². The van der Waals surface area contributed by atoms with Gasteiger partial charge in [-0.2, -0.15) is 0 Å². The van der Waals surface area contributed by atoms with Crippen molar-refractivity contribution in [3.63, 3.8) is 0 Å². The zero-order chi connectivity index (χ0) is 15.5. The lowest BCUT2D eigenvalue weighted by atomic mass is 10.0. The quantitative estimate of drug-likeness (QED) is 0.535. The fraction of sp³-hybridized carbons (Fsp3) is 0.400. The van der Waals surface area contributed by atoms with Gasteiger partial charge in [-0.15, -0.1) is 0 Å². The molecule has 1 aromatic carbocycles. The van der Waals surface area contributed by atoms with Gasteiger partial charge in [0.2, 0.25) is 0 Å². The van der Waals surface area contributed by atoms with Gasteiger partial charge in [-0.25, -0.2) is 0 Å². The van der Waals surface area contributed by atoms with Crippen LogP contribution >= 0.6 is 0 Å². The zero-order valence-electron chi connectivity index (χ0n) is 13.5. The third-order valence-electron chi connectivity index (χ3n) is 3.45. The van der Waals surface area contributed by atoms with E-state index in [9.17, 15) is 0 Å². The molecular weight excluding hydrogens is 256 g/mol. The van der Waals surface area contributed by atoms with Crippen molar-refractivity contribution in [1.29, 1.82) is 0 Å². The second-order valence-corrected chi connectivity index (χ2v) is 5.26. The van der Waals surface area contributed by atoms with E-state index in [1.54, 1.807) is 0 Å². The molecule has 0 fully saturated rings. The Kier molecular flexibility index (Phi) is 8.77. The topological polar surface area (TPSA) is 9.23 Å². The summed E-state index contributed by atoms with van der Waals surface area (Å²) >= 11 is 0. The fourth-order valence-electron chi connectivity index (χ4n) is 2.15. The van der Waals surface area contributed by atoms with Crippen LogP contribution in [0.2, 0.25) is 0 Å². The van der Waals surface area contributed by atoms with Gasteiger partial charge in [0, 0.05) is 0 Å². The molecule has 0 aromatic heterocycles. The van der Waals surface area contributed by atoms with Gasteiger partial charge in [0.05, 0.1) is 12.7 Å². The molecule has 21 heavy (non-hydrogen) atoms. The van der Waals surface area contributed by atoms with Gasteiger partial charge in [0.1, 0.15) is 0 Å². The molecule has 1 rings (SSSR count). The molecular formula is C20H28O. The highest BCUT2D eigenvalue weighted by molar-refractivity contribution is 5.20. The molecule has 1 unspecified atom stereocenters. The minimum Gasteiger partial charge on any atom is -0.369 e. The number of hydrogen-bond donors (Lipinski definition) is 0. The first kappa shape index (κ1) is 17.7. The molecule has 1 atom stereocenters. The number of aryl methyl sites for hydroxylation is 1. The first-order chi connectivity index (χ1) is 10.2. The van der Waals surface area contributed by atoms with E-state index < -0.39 is 0 Å². The van der Waals surface area contributed by atoms with Gasteiger partial charge < -0.3 is 4.74 Å². The van der Waals surface area contributed by atoms with E-state index in [2.05, 4.69) is 70.2 Å². The van der Waals surface area contributed by atoms with E-state index in [4.69, 9.17) is 4.74 Å². The van der Waals surface area contributed by atoms with Crippen LogP contribution < -0.4 is 0 Å². The average Bonchev–Trinajstić information content (AvgIpc) is 2.50. The molecule has 0 saturated heterocycles. The van der Waals surface area contributed by atoms with Crippen molar-refractivity contribution in [2.24, 2.45) is 0 Å². The summed E-state index contributed by atoms with van der Waals surface area (Å²) in [7, 11) is 0. The Morgan fingerprint density at radius 2 is 1.90 bits per heavy atom. The molecule has 1 aromatic rings. The van der Waals surface area contributed by atoms with E-state index in [0.717, 1.165) is 25.7 Å². The molecule has 1 heteroatoms. The minimum absolute atomic E-state index is 0.116. The molecule has 0 aliphatic carbocycles. The molecule has 0 aliphatic rings. The molecule has 2 radical (unpaired) electrons. The Morgan fingerprint density at radius 3 is 2.48 bits per heavy atom. The van der Waals surface area contributed by atoms with Crippen LogP contribution in [-0.4, -0.2) is 6.10 Å². The van der Waals surface area contributed by atoms with Crippen LogP contribution in [0.3, 0.4) is 0 Å². The maximum atomic E-state index is 6.07. The fourth-order valence-corrected chi connectivity index (χ4v) is 2.15. The number of hydrogen-bond acceptors (Lipinski definition) is 1. The van der Waals surface area contributed by atoms with Crippen LogP contribution in [0, 0.1) is 20.8 Å². The van der Waals surface area contributed by atoms with Crippen LogP contribution in [0.15, 0.2) is 48.1 Å². The average molecular weight is 284 g/mol. The maximum absolute atomic E-state index is 6.07. The molecule has 0 spiro atoms. The summed E-state index contributed by atoms with van der Waals surface area (Å²) in [5.74, 6) is 0. The predicted molar refractivity (Wildman–Crippen MR) is 91.8 cm³/mol. The summed E-state index contributed by atoms with van der Waals surface area (Å²) in [6.45, 7) is 12.7. The molecule has 0 amide bonds. The summed E-state index contributed by atoms with van der Waals surface area (Å²) in [5, 5.41) is 0. The van der Waals surface area contributed by atoms with E-state index in [-0.39, 0.29) is 6.10 Å². The second kappa shape index (κ2) is 10.4. The Balaban J connectivity index is 2.62. The number of ether oxygens (including phenoxy) is 1. The van der Waals surface area contributed by atoms with Crippen molar-refractivity contribution in [2.75, 3.05) is 0 Å². The number of rotatable bonds is 9. The largest absolute Gasteiger partial charge is 0.369 e. The highest BCUT2D eigenvalue weighted by Crippen LogP contribution is 2.16. The molecule has 0 aliphatic heterocycles. The van der Waals surface area contributed by atoms with Gasteiger partial charge in [0.15, 0.2) is 0 Å². The molecule has 0 bridgehead atoms. The van der Waals surface area contributed by atoms with Gasteiger partial charge >= 0.3 is 0 Å². The molecule has 0 N–H and O–H groups in total. The smallest absolute Gasteiger partial charge is 0.0797 e. The van der Waals surface area contributed by atoms with Crippen molar-refractivity contribution in [3.8, 4) is 0 Å². The van der Waals surface area contributed by atoms with Crippen molar-refractivity contribution < 1.29 is 4.74 Å². The normalized spacial score (nSPS) is 13.8. The van der Waals surface area contributed by atoms with Gasteiger partial charge in [-0.1, -0.05) is 60.6 Å². The van der Waals surface area contributed by atoms with E-state index in [0.29, 0.717) is 6.61 Å². The predicted octanol–water partition coefficient (Wildman–Crippen LogP) is 5.61. The van der Waals surface area contributed by atoms with Gasteiger partial charge in [-0.05, 0) is 52.0 Å². The van der Waals surface area contributed by atoms with E-state index in [1.165, 1.54) is 16.7 Å². The molecule has 114 valence electrons. The van der Waals surface area contributed by atoms with E-state index in [1.807, 2.05) is 0 Å². The first-order valence-electron chi connectivity index (χ1n) is 7.79. The summed E-state index contributed by atoms with van der Waals surface area (Å²) in [5.41, 5.74) is 3.90. The Morgan fingerprint density at radius 1 is 1.19 bits per heavy atom. The van der Waals surface area contributed by atoms with Crippen molar-refractivity contribution in [1.82, 2.24) is 0 Å². The van der Waals surface area contributed by atoms with Gasteiger partial charge in [0.25, 0.3) is 0 Å². The third kappa shape index (κ3) is 7.29. The van der Waals surface area contributed by atoms with Crippen molar-refractivity contribution >= 4 is 0 Å². The summed E-state index contributed by atoms with van der Waals surface area (Å²) in [6, 6.07) is 8.51. The summed E-state index contributed by atoms with van der Waals surface area (Å²) in [6.07, 6.45) is 10.2. The first-order valence-corrected chi connectivity index (χ1v) is 7.79. The lowest BCUT2D eigenvalue weighted by Crippen LogP contribution is -2.11. The number of allylic oxidation sites excluding steroid dienone is 2. The van der Waals surface area contributed by atoms with Crippen LogP contribution in [0.5, 0.6) is 0 Å². The zero-order valence-corrected chi connectivity index (χ0v) is 13.5. The third-order valence-corrected chi connectivity index (χ3v) is 3.45. The maximum Gasteiger partial charge on any atom is 0.0797 e. The standard InChI is InChI=1S/C20H28O/c1-5-8-10-20(15-18(7-3)9-6-2)21-16-19-13-11-17(4)12-14-19/h8-14,20H,1-2,5-7,15-16H2,3-4H3/b10-8+,18-9+. The van der Waals surface area contributed by atoms with Crippen LogP contribution in [0.4, 0.5) is 0 Å². The van der Waals surface area contributed by atoms with Gasteiger partial charge in [-0.3, -0.25) is 0 Å². The highest BCUT2D eigenvalue weighted by Gasteiger charge is 2.08. The van der Waals surface area contributed by atoms with Crippen molar-refractivity contribution in [2.45, 2.75) is 52.2 Å². The molecule has 0 heterocycles. The SMILES string of the molecule is [CH2]C/C=C/C(C/C(=C/C[CH2])CC)OCc1ccc(C)cc1. The highest BCUT2D eigenvalue weighted by atomic mass is 16.5. The summed E-state index contributed by atoms with van der Waals surface area (Å²) in [4.78, 5) is 0. The van der Waals surface area contributed by atoms with Crippen LogP contribution in [0.25, 0.3) is 0 Å². The minimum atomic E-state index is 0.116. The van der Waals surface area contributed by atoms with Crippen LogP contribution in [0.1, 0.15) is 43.7 Å². The van der Waals surface area contributed by atoms with Crippen LogP contribution in [-0.2, 0) is 11.3 Å². The molecule has 1 nitrogen and oxygen atoms in total. The molecule has 0 saturated carbocycles. The Labute approximate surface area is 130 Å². The lowest BCUT2D eigenvalue weighted by Gasteiger charge is -2.16. The lowest BCUT2D eigenvalue weighted by molar-refractivity contribution is 0.0717. The second-order valence-electron chi connectivity index (χ2n) is 5.26. The van der Waals surface area contributed by atoms with E-state index >= 15 is 0 Å².